The van der Waals surface area contributed by atoms with Crippen LogP contribution in [-0.4, -0.2) is 34.8 Å². The van der Waals surface area contributed by atoms with Crippen LogP contribution in [0.25, 0.3) is 0 Å². The summed E-state index contributed by atoms with van der Waals surface area (Å²) in [6.07, 6.45) is 5.39. The van der Waals surface area contributed by atoms with Gasteiger partial charge in [0.1, 0.15) is 5.82 Å². The molecule has 1 fully saturated rings. The molecular formula is C22H26FN3O2. The van der Waals surface area contributed by atoms with Crippen molar-refractivity contribution >= 4 is 11.8 Å². The molecule has 1 N–H and O–H groups in total. The van der Waals surface area contributed by atoms with E-state index in [-0.39, 0.29) is 30.1 Å². The summed E-state index contributed by atoms with van der Waals surface area (Å²) in [6, 6.07) is 12.3. The Hall–Kier alpha value is -2.76. The van der Waals surface area contributed by atoms with Crippen LogP contribution in [0.5, 0.6) is 0 Å². The number of aryl methyl sites for hydroxylation is 1. The summed E-state index contributed by atoms with van der Waals surface area (Å²) in [7, 11) is 0. The lowest BCUT2D eigenvalue weighted by Gasteiger charge is -2.32. The number of aromatic nitrogens is 1. The molecule has 2 heterocycles. The highest BCUT2D eigenvalue weighted by atomic mass is 19.1. The van der Waals surface area contributed by atoms with Crippen LogP contribution in [0.15, 0.2) is 48.7 Å². The molecule has 3 rings (SSSR count). The molecule has 1 aromatic heterocycles. The highest BCUT2D eigenvalue weighted by Crippen LogP contribution is 2.21. The van der Waals surface area contributed by atoms with Crippen molar-refractivity contribution < 1.29 is 14.0 Å². The van der Waals surface area contributed by atoms with Gasteiger partial charge < -0.3 is 10.2 Å². The minimum atomic E-state index is -0.324. The molecule has 1 aliphatic rings. The van der Waals surface area contributed by atoms with E-state index in [0.717, 1.165) is 25.0 Å². The van der Waals surface area contributed by atoms with E-state index in [1.165, 1.54) is 6.07 Å². The van der Waals surface area contributed by atoms with Crippen molar-refractivity contribution in [2.75, 3.05) is 13.1 Å². The number of nitrogens with zero attached hydrogens (tertiary/aromatic N) is 2. The third kappa shape index (κ3) is 5.62. The van der Waals surface area contributed by atoms with Gasteiger partial charge in [0.2, 0.25) is 11.8 Å². The monoisotopic (exact) mass is 383 g/mol. The number of unbranched alkanes of at least 4 members (excludes halogenated alkanes) is 1. The normalized spacial score (nSPS) is 16.8. The summed E-state index contributed by atoms with van der Waals surface area (Å²) in [4.78, 5) is 30.5. The fourth-order valence-corrected chi connectivity index (χ4v) is 3.45. The first-order chi connectivity index (χ1) is 13.6. The molecule has 0 aliphatic carbocycles. The summed E-state index contributed by atoms with van der Waals surface area (Å²) in [5.74, 6) is -0.610. The van der Waals surface area contributed by atoms with Gasteiger partial charge in [-0.15, -0.1) is 0 Å². The predicted octanol–water partition coefficient (Wildman–Crippen LogP) is 3.10. The number of hydrogen-bond acceptors (Lipinski definition) is 3. The third-order valence-electron chi connectivity index (χ3n) is 5.08. The average molecular weight is 383 g/mol. The minimum Gasteiger partial charge on any atom is -0.356 e. The quantitative estimate of drug-likeness (QED) is 0.713. The number of likely N-dealkylation sites (tertiary alicyclic amines) is 1. The van der Waals surface area contributed by atoms with Gasteiger partial charge >= 0.3 is 0 Å². The second-order valence-electron chi connectivity index (χ2n) is 7.17. The molecular weight excluding hydrogens is 357 g/mol. The Labute approximate surface area is 165 Å². The zero-order valence-corrected chi connectivity index (χ0v) is 15.9. The summed E-state index contributed by atoms with van der Waals surface area (Å²) in [5.41, 5.74) is 1.54. The van der Waals surface area contributed by atoms with E-state index in [9.17, 15) is 14.0 Å². The van der Waals surface area contributed by atoms with Crippen LogP contribution in [0.1, 0.15) is 36.9 Å². The number of benzene rings is 1. The molecule has 2 aromatic rings. The Kier molecular flexibility index (Phi) is 7.12. The Bertz CT molecular complexity index is 797. The Balaban J connectivity index is 1.42. The first-order valence-electron chi connectivity index (χ1n) is 9.82. The molecule has 0 bridgehead atoms. The van der Waals surface area contributed by atoms with E-state index in [1.54, 1.807) is 29.3 Å². The molecule has 0 saturated carbocycles. The third-order valence-corrected chi connectivity index (χ3v) is 5.08. The predicted molar refractivity (Wildman–Crippen MR) is 105 cm³/mol. The Morgan fingerprint density at radius 1 is 1.18 bits per heavy atom. The van der Waals surface area contributed by atoms with Gasteiger partial charge in [0.15, 0.2) is 0 Å². The van der Waals surface area contributed by atoms with E-state index in [2.05, 4.69) is 10.3 Å². The number of hydrogen-bond donors (Lipinski definition) is 1. The number of halogens is 1. The van der Waals surface area contributed by atoms with Crippen molar-refractivity contribution in [3.63, 3.8) is 0 Å². The van der Waals surface area contributed by atoms with Crippen molar-refractivity contribution in [2.24, 2.45) is 5.92 Å². The van der Waals surface area contributed by atoms with Gasteiger partial charge in [-0.3, -0.25) is 14.6 Å². The fraction of sp³-hybridized carbons (Fsp3) is 0.409. The molecule has 0 spiro atoms. The summed E-state index contributed by atoms with van der Waals surface area (Å²) in [6.45, 7) is 1.16. The van der Waals surface area contributed by atoms with E-state index in [0.29, 0.717) is 31.5 Å². The lowest BCUT2D eigenvalue weighted by molar-refractivity contribution is -0.138. The molecule has 148 valence electrons. The molecule has 6 heteroatoms. The molecule has 1 aromatic carbocycles. The number of nitrogens with one attached hydrogen (secondary N) is 1. The highest BCUT2D eigenvalue weighted by Gasteiger charge is 2.30. The van der Waals surface area contributed by atoms with Crippen LogP contribution in [-0.2, 0) is 22.6 Å². The highest BCUT2D eigenvalue weighted by molar-refractivity contribution is 5.83. The van der Waals surface area contributed by atoms with Crippen LogP contribution in [0.3, 0.4) is 0 Å². The van der Waals surface area contributed by atoms with Crippen molar-refractivity contribution in [3.05, 3.63) is 65.7 Å². The van der Waals surface area contributed by atoms with Crippen LogP contribution in [0.2, 0.25) is 0 Å². The van der Waals surface area contributed by atoms with E-state index < -0.39 is 0 Å². The standard InChI is InChI=1S/C22H26FN3O2/c23-20-10-2-1-7-17(20)15-26-16-18(11-12-21(26)27)22(28)25-14-6-4-9-19-8-3-5-13-24-19/h1-3,5,7-8,10,13,18H,4,6,9,11-12,14-16H2,(H,25,28). The van der Waals surface area contributed by atoms with Crippen LogP contribution in [0, 0.1) is 11.7 Å². The summed E-state index contributed by atoms with van der Waals surface area (Å²) < 4.78 is 13.9. The lowest BCUT2D eigenvalue weighted by atomic mass is 9.96. The largest absolute Gasteiger partial charge is 0.356 e. The molecule has 1 unspecified atom stereocenters. The zero-order chi connectivity index (χ0) is 19.8. The number of piperidine rings is 1. The van der Waals surface area contributed by atoms with Crippen LogP contribution in [0.4, 0.5) is 4.39 Å². The molecule has 2 amide bonds. The molecule has 5 nitrogen and oxygen atoms in total. The van der Waals surface area contributed by atoms with Gasteiger partial charge in [0.25, 0.3) is 0 Å². The smallest absolute Gasteiger partial charge is 0.224 e. The molecule has 0 radical (unpaired) electrons. The second-order valence-corrected chi connectivity index (χ2v) is 7.17. The minimum absolute atomic E-state index is 0.0242. The number of carbonyl (C=O) groups is 2. The summed E-state index contributed by atoms with van der Waals surface area (Å²) in [5, 5.41) is 2.98. The lowest BCUT2D eigenvalue weighted by Crippen LogP contribution is -2.45. The van der Waals surface area contributed by atoms with Crippen LogP contribution < -0.4 is 5.32 Å². The Morgan fingerprint density at radius 3 is 2.79 bits per heavy atom. The SMILES string of the molecule is O=C(NCCCCc1ccccn1)C1CCC(=O)N(Cc2ccccc2F)C1. The zero-order valence-electron chi connectivity index (χ0n) is 15.9. The van der Waals surface area contributed by atoms with Gasteiger partial charge in [0, 0.05) is 43.5 Å². The number of amides is 2. The molecule has 1 saturated heterocycles. The van der Waals surface area contributed by atoms with Gasteiger partial charge in [0.05, 0.1) is 5.92 Å². The number of rotatable bonds is 8. The molecule has 1 atom stereocenters. The van der Waals surface area contributed by atoms with Crippen molar-refractivity contribution in [3.8, 4) is 0 Å². The van der Waals surface area contributed by atoms with Crippen molar-refractivity contribution in [1.82, 2.24) is 15.2 Å². The van der Waals surface area contributed by atoms with Crippen LogP contribution >= 0.6 is 0 Å². The van der Waals surface area contributed by atoms with Gasteiger partial charge in [-0.1, -0.05) is 24.3 Å². The van der Waals surface area contributed by atoms with E-state index >= 15 is 0 Å². The van der Waals surface area contributed by atoms with Crippen molar-refractivity contribution in [1.29, 1.82) is 0 Å². The number of pyridine rings is 1. The molecule has 28 heavy (non-hydrogen) atoms. The first-order valence-corrected chi connectivity index (χ1v) is 9.82. The first kappa shape index (κ1) is 20.0. The topological polar surface area (TPSA) is 62.3 Å². The van der Waals surface area contributed by atoms with Gasteiger partial charge in [-0.25, -0.2) is 4.39 Å². The summed E-state index contributed by atoms with van der Waals surface area (Å²) >= 11 is 0. The van der Waals surface area contributed by atoms with E-state index in [4.69, 9.17) is 0 Å². The Morgan fingerprint density at radius 2 is 2.00 bits per heavy atom. The second kappa shape index (κ2) is 9.97. The van der Waals surface area contributed by atoms with E-state index in [1.807, 2.05) is 18.2 Å². The van der Waals surface area contributed by atoms with Gasteiger partial charge in [-0.05, 0) is 43.9 Å². The fourth-order valence-electron chi connectivity index (χ4n) is 3.45. The maximum atomic E-state index is 13.9. The number of carbonyl (C=O) groups excluding carboxylic acids is 2. The van der Waals surface area contributed by atoms with Gasteiger partial charge in [-0.2, -0.15) is 0 Å². The maximum absolute atomic E-state index is 13.9. The average Bonchev–Trinajstić information content (AvgIpc) is 2.71. The molecule has 1 aliphatic heterocycles. The maximum Gasteiger partial charge on any atom is 0.224 e. The van der Waals surface area contributed by atoms with Crippen molar-refractivity contribution in [2.45, 2.75) is 38.6 Å².